The van der Waals surface area contributed by atoms with E-state index in [1.165, 1.54) is 17.4 Å². The van der Waals surface area contributed by atoms with Gasteiger partial charge < -0.3 is 4.90 Å². The molecular weight excluding hydrogens is 198 g/mol. The Labute approximate surface area is 87.3 Å². The Morgan fingerprint density at radius 1 is 1.50 bits per heavy atom. The maximum absolute atomic E-state index is 11.3. The molecule has 1 aromatic heterocycles. The lowest BCUT2D eigenvalue weighted by Crippen LogP contribution is -2.31. The summed E-state index contributed by atoms with van der Waals surface area (Å²) in [5.41, 5.74) is 1.17. The number of carbonyl (C=O) groups is 2. The molecule has 0 aromatic carbocycles. The molecule has 0 N–H and O–H groups in total. The van der Waals surface area contributed by atoms with Crippen LogP contribution in [0.15, 0.2) is 11.4 Å². The molecule has 0 aliphatic rings. The number of hydrogen-bond donors (Lipinski definition) is 0. The fourth-order valence-corrected chi connectivity index (χ4v) is 2.08. The van der Waals surface area contributed by atoms with Gasteiger partial charge in [0.2, 0.25) is 5.78 Å². The van der Waals surface area contributed by atoms with Crippen LogP contribution in [0.5, 0.6) is 0 Å². The van der Waals surface area contributed by atoms with Gasteiger partial charge in [-0.1, -0.05) is 0 Å². The molecule has 0 aliphatic heterocycles. The second-order valence-corrected chi connectivity index (χ2v) is 4.24. The van der Waals surface area contributed by atoms with E-state index in [-0.39, 0.29) is 0 Å². The van der Waals surface area contributed by atoms with E-state index in [1.807, 2.05) is 18.4 Å². The molecule has 0 fully saturated rings. The number of nitrogens with zero attached hydrogens (tertiary/aromatic N) is 1. The van der Waals surface area contributed by atoms with Gasteiger partial charge in [-0.2, -0.15) is 0 Å². The molecule has 0 bridgehead atoms. The van der Waals surface area contributed by atoms with E-state index in [1.54, 1.807) is 18.4 Å². The minimum atomic E-state index is -0.433. The highest BCUT2D eigenvalue weighted by Gasteiger charge is 2.14. The molecule has 1 rings (SSSR count). The summed E-state index contributed by atoms with van der Waals surface area (Å²) in [5, 5.41) is 1.98. The Morgan fingerprint density at radius 2 is 2.14 bits per heavy atom. The van der Waals surface area contributed by atoms with E-state index < -0.39 is 11.7 Å². The number of likely N-dealkylation sites (N-methyl/N-ethyl adjacent to an activating group) is 1. The zero-order valence-corrected chi connectivity index (χ0v) is 9.35. The second-order valence-electron chi connectivity index (χ2n) is 3.24. The molecule has 0 spiro atoms. The molecule has 4 heteroatoms. The number of amides is 1. The maximum atomic E-state index is 11.3. The zero-order valence-electron chi connectivity index (χ0n) is 8.53. The van der Waals surface area contributed by atoms with Crippen LogP contribution < -0.4 is 0 Å². The third kappa shape index (κ3) is 2.42. The van der Waals surface area contributed by atoms with Gasteiger partial charge in [0.1, 0.15) is 0 Å². The maximum Gasteiger partial charge on any atom is 0.289 e. The minimum absolute atomic E-state index is 0.415. The first kappa shape index (κ1) is 10.9. The first-order valence-electron chi connectivity index (χ1n) is 4.31. The summed E-state index contributed by atoms with van der Waals surface area (Å²) in [6.07, 6.45) is 0. The Hall–Kier alpha value is -1.16. The number of hydrogen-bond acceptors (Lipinski definition) is 3. The molecule has 0 saturated carbocycles. The quantitative estimate of drug-likeness (QED) is 0.712. The summed E-state index contributed by atoms with van der Waals surface area (Å²) in [7, 11) is 1.64. The van der Waals surface area contributed by atoms with Crippen molar-refractivity contribution >= 4 is 23.0 Å². The first-order valence-corrected chi connectivity index (χ1v) is 5.19. The van der Waals surface area contributed by atoms with Gasteiger partial charge in [0.05, 0.1) is 6.54 Å². The molecule has 3 nitrogen and oxygen atoms in total. The van der Waals surface area contributed by atoms with Crippen molar-refractivity contribution < 1.29 is 9.59 Å². The molecule has 0 unspecified atom stereocenters. The average molecular weight is 211 g/mol. The average Bonchev–Trinajstić information content (AvgIpc) is 2.50. The van der Waals surface area contributed by atoms with Crippen LogP contribution in [0.25, 0.3) is 0 Å². The molecule has 1 amide bonds. The van der Waals surface area contributed by atoms with Crippen molar-refractivity contribution in [1.29, 1.82) is 0 Å². The van der Waals surface area contributed by atoms with Gasteiger partial charge in [0.15, 0.2) is 0 Å². The van der Waals surface area contributed by atoms with Gasteiger partial charge in [-0.15, -0.1) is 11.3 Å². The Kier molecular flexibility index (Phi) is 3.41. The van der Waals surface area contributed by atoms with E-state index >= 15 is 0 Å². The monoisotopic (exact) mass is 211 g/mol. The number of carbonyl (C=O) groups excluding carboxylic acids is 2. The summed E-state index contributed by atoms with van der Waals surface area (Å²) in [5.74, 6) is -0.848. The molecule has 0 aliphatic carbocycles. The number of thiophene rings is 1. The van der Waals surface area contributed by atoms with Crippen LogP contribution in [0, 0.1) is 6.92 Å². The predicted molar refractivity (Wildman–Crippen MR) is 56.2 cm³/mol. The highest BCUT2D eigenvalue weighted by Crippen LogP contribution is 2.17. The van der Waals surface area contributed by atoms with Crippen molar-refractivity contribution in [1.82, 2.24) is 4.90 Å². The van der Waals surface area contributed by atoms with Gasteiger partial charge >= 0.3 is 0 Å². The van der Waals surface area contributed by atoms with Crippen LogP contribution in [-0.2, 0) is 16.1 Å². The minimum Gasteiger partial charge on any atom is -0.334 e. The summed E-state index contributed by atoms with van der Waals surface area (Å²) < 4.78 is 0. The largest absolute Gasteiger partial charge is 0.334 e. The number of ketones is 1. The summed E-state index contributed by atoms with van der Waals surface area (Å²) in [6, 6.07) is 2.01. The molecule has 0 saturated heterocycles. The van der Waals surface area contributed by atoms with Crippen LogP contribution in [0.3, 0.4) is 0 Å². The SMILES string of the molecule is CC(=O)C(=O)N(C)Cc1sccc1C. The van der Waals surface area contributed by atoms with Gasteiger partial charge in [-0.05, 0) is 23.9 Å². The smallest absolute Gasteiger partial charge is 0.289 e. The van der Waals surface area contributed by atoms with Gasteiger partial charge in [-0.3, -0.25) is 9.59 Å². The van der Waals surface area contributed by atoms with Gasteiger partial charge in [0.25, 0.3) is 5.91 Å². The third-order valence-corrected chi connectivity index (χ3v) is 3.00. The normalized spacial score (nSPS) is 9.93. The lowest BCUT2D eigenvalue weighted by atomic mass is 10.3. The second kappa shape index (κ2) is 4.37. The van der Waals surface area contributed by atoms with Crippen LogP contribution in [0.4, 0.5) is 0 Å². The highest BCUT2D eigenvalue weighted by atomic mass is 32.1. The Balaban J connectivity index is 2.66. The number of Topliss-reactive ketones (excluding diaryl/α,β-unsaturated/α-hetero) is 1. The third-order valence-electron chi connectivity index (χ3n) is 2.00. The standard InChI is InChI=1S/C10H13NO2S/c1-7-4-5-14-9(7)6-11(3)10(13)8(2)12/h4-5H,6H2,1-3H3. The molecule has 76 valence electrons. The molecule has 0 atom stereocenters. The topological polar surface area (TPSA) is 37.4 Å². The fraction of sp³-hybridized carbons (Fsp3) is 0.400. The number of rotatable bonds is 3. The van der Waals surface area contributed by atoms with Gasteiger partial charge in [-0.25, -0.2) is 0 Å². The molecule has 1 heterocycles. The van der Waals surface area contributed by atoms with Crippen LogP contribution in [0.2, 0.25) is 0 Å². The number of aryl methyl sites for hydroxylation is 1. The van der Waals surface area contributed by atoms with E-state index in [0.717, 1.165) is 4.88 Å². The van der Waals surface area contributed by atoms with Crippen molar-refractivity contribution in [2.45, 2.75) is 20.4 Å². The Bertz CT molecular complexity index is 357. The van der Waals surface area contributed by atoms with E-state index in [2.05, 4.69) is 0 Å². The summed E-state index contributed by atoms with van der Waals surface area (Å²) in [4.78, 5) is 24.6. The van der Waals surface area contributed by atoms with E-state index in [4.69, 9.17) is 0 Å². The van der Waals surface area contributed by atoms with Crippen molar-refractivity contribution in [3.63, 3.8) is 0 Å². The molecule has 1 aromatic rings. The fourth-order valence-electron chi connectivity index (χ4n) is 1.12. The van der Waals surface area contributed by atoms with Crippen LogP contribution in [0.1, 0.15) is 17.4 Å². The van der Waals surface area contributed by atoms with Crippen molar-refractivity contribution in [3.05, 3.63) is 21.9 Å². The lowest BCUT2D eigenvalue weighted by molar-refractivity contribution is -0.143. The molecular formula is C10H13NO2S. The van der Waals surface area contributed by atoms with Crippen molar-refractivity contribution in [3.8, 4) is 0 Å². The highest BCUT2D eigenvalue weighted by molar-refractivity contribution is 7.10. The first-order chi connectivity index (χ1) is 6.52. The van der Waals surface area contributed by atoms with Crippen LogP contribution >= 0.6 is 11.3 Å². The van der Waals surface area contributed by atoms with Crippen molar-refractivity contribution in [2.24, 2.45) is 0 Å². The van der Waals surface area contributed by atoms with E-state index in [0.29, 0.717) is 6.54 Å². The molecule has 14 heavy (non-hydrogen) atoms. The van der Waals surface area contributed by atoms with Crippen molar-refractivity contribution in [2.75, 3.05) is 7.05 Å². The summed E-state index contributed by atoms with van der Waals surface area (Å²) in [6.45, 7) is 3.81. The lowest BCUT2D eigenvalue weighted by Gasteiger charge is -2.14. The summed E-state index contributed by atoms with van der Waals surface area (Å²) >= 11 is 1.60. The van der Waals surface area contributed by atoms with Crippen LogP contribution in [-0.4, -0.2) is 23.6 Å². The van der Waals surface area contributed by atoms with Gasteiger partial charge in [0, 0.05) is 18.8 Å². The Morgan fingerprint density at radius 3 is 2.57 bits per heavy atom. The van der Waals surface area contributed by atoms with E-state index in [9.17, 15) is 9.59 Å². The predicted octanol–water partition coefficient (Wildman–Crippen LogP) is 1.60. The molecule has 0 radical (unpaired) electrons. The zero-order chi connectivity index (χ0) is 10.7.